The van der Waals surface area contributed by atoms with E-state index in [0.717, 1.165) is 9.35 Å². The molecule has 0 unspecified atom stereocenters. The Hall–Kier alpha value is -1.86. The Kier molecular flexibility index (Phi) is 5.35. The molecule has 0 aliphatic heterocycles. The van der Waals surface area contributed by atoms with Crippen molar-refractivity contribution in [3.8, 4) is 0 Å². The first-order chi connectivity index (χ1) is 10.0. The van der Waals surface area contributed by atoms with E-state index in [-0.39, 0.29) is 12.5 Å². The van der Waals surface area contributed by atoms with E-state index in [1.807, 2.05) is 11.4 Å². The standard InChI is InChI=1S/C14H13BrN2O3S/c15-11-5-6-21-12(11)8-16-14(20)17-10-3-1-9(2-4-10)7-13(18)19/h1-6H,7-8H2,(H,18,19)(H2,16,17,20). The molecule has 0 aliphatic rings. The summed E-state index contributed by atoms with van der Waals surface area (Å²) in [6.07, 6.45) is -0.0289. The minimum absolute atomic E-state index is 0.0289. The quantitative estimate of drug-likeness (QED) is 0.755. The van der Waals surface area contributed by atoms with Crippen molar-refractivity contribution in [2.75, 3.05) is 5.32 Å². The zero-order chi connectivity index (χ0) is 15.2. The lowest BCUT2D eigenvalue weighted by Crippen LogP contribution is -2.27. The smallest absolute Gasteiger partial charge is 0.319 e. The van der Waals surface area contributed by atoms with E-state index in [1.54, 1.807) is 35.6 Å². The molecule has 7 heteroatoms. The SMILES string of the molecule is O=C(O)Cc1ccc(NC(=O)NCc2sccc2Br)cc1. The highest BCUT2D eigenvalue weighted by Crippen LogP contribution is 2.22. The summed E-state index contributed by atoms with van der Waals surface area (Å²) in [5.74, 6) is -0.880. The molecule has 0 bridgehead atoms. The molecule has 0 fully saturated rings. The molecule has 0 atom stereocenters. The molecule has 1 heterocycles. The van der Waals surface area contributed by atoms with Crippen LogP contribution >= 0.6 is 27.3 Å². The van der Waals surface area contributed by atoms with Gasteiger partial charge in [0.1, 0.15) is 0 Å². The molecule has 1 aromatic carbocycles. The summed E-state index contributed by atoms with van der Waals surface area (Å²) in [5.41, 5.74) is 1.31. The fourth-order valence-corrected chi connectivity index (χ4v) is 3.10. The van der Waals surface area contributed by atoms with Crippen molar-refractivity contribution in [2.24, 2.45) is 0 Å². The molecule has 0 saturated carbocycles. The fourth-order valence-electron chi connectivity index (χ4n) is 1.67. The highest BCUT2D eigenvalue weighted by atomic mass is 79.9. The first-order valence-electron chi connectivity index (χ1n) is 6.12. The van der Waals surface area contributed by atoms with Crippen molar-refractivity contribution in [3.63, 3.8) is 0 Å². The van der Waals surface area contributed by atoms with Crippen molar-refractivity contribution in [2.45, 2.75) is 13.0 Å². The van der Waals surface area contributed by atoms with Gasteiger partial charge in [0, 0.05) is 15.0 Å². The van der Waals surface area contributed by atoms with Crippen LogP contribution in [0.25, 0.3) is 0 Å². The second-order valence-electron chi connectivity index (χ2n) is 4.27. The van der Waals surface area contributed by atoms with E-state index in [4.69, 9.17) is 5.11 Å². The first-order valence-corrected chi connectivity index (χ1v) is 7.79. The van der Waals surface area contributed by atoms with E-state index in [2.05, 4.69) is 26.6 Å². The predicted molar refractivity (Wildman–Crippen MR) is 85.7 cm³/mol. The van der Waals surface area contributed by atoms with E-state index in [0.29, 0.717) is 17.8 Å². The Bertz CT molecular complexity index is 640. The summed E-state index contributed by atoms with van der Waals surface area (Å²) in [6, 6.07) is 8.35. The number of hydrogen-bond acceptors (Lipinski definition) is 3. The number of urea groups is 1. The van der Waals surface area contributed by atoms with Gasteiger partial charge in [-0.05, 0) is 45.1 Å². The lowest BCUT2D eigenvalue weighted by molar-refractivity contribution is -0.136. The maximum Gasteiger partial charge on any atom is 0.319 e. The van der Waals surface area contributed by atoms with Gasteiger partial charge in [0.15, 0.2) is 0 Å². The average molecular weight is 369 g/mol. The van der Waals surface area contributed by atoms with Crippen molar-refractivity contribution in [3.05, 3.63) is 50.6 Å². The van der Waals surface area contributed by atoms with Gasteiger partial charge in [-0.25, -0.2) is 4.79 Å². The van der Waals surface area contributed by atoms with Gasteiger partial charge in [-0.1, -0.05) is 12.1 Å². The third-order valence-electron chi connectivity index (χ3n) is 2.67. The van der Waals surface area contributed by atoms with Crippen molar-refractivity contribution in [1.29, 1.82) is 0 Å². The molecule has 2 aromatic rings. The van der Waals surface area contributed by atoms with Crippen LogP contribution in [0.15, 0.2) is 40.2 Å². The maximum absolute atomic E-state index is 11.8. The number of aliphatic carboxylic acids is 1. The Morgan fingerprint density at radius 1 is 1.19 bits per heavy atom. The molecule has 1 aromatic heterocycles. The predicted octanol–water partition coefficient (Wildman–Crippen LogP) is 3.46. The molecule has 110 valence electrons. The molecule has 2 amide bonds. The summed E-state index contributed by atoms with van der Waals surface area (Å²) in [4.78, 5) is 23.4. The van der Waals surface area contributed by atoms with Crippen LogP contribution in [0.2, 0.25) is 0 Å². The molecule has 0 spiro atoms. The number of thiophene rings is 1. The first kappa shape index (κ1) is 15.5. The van der Waals surface area contributed by atoms with Gasteiger partial charge >= 0.3 is 12.0 Å². The number of carbonyl (C=O) groups excluding carboxylic acids is 1. The molecule has 0 radical (unpaired) electrons. The summed E-state index contributed by atoms with van der Waals surface area (Å²) in [7, 11) is 0. The van der Waals surface area contributed by atoms with Crippen molar-refractivity contribution < 1.29 is 14.7 Å². The molecule has 0 saturated heterocycles. The van der Waals surface area contributed by atoms with E-state index >= 15 is 0 Å². The lowest BCUT2D eigenvalue weighted by Gasteiger charge is -2.07. The van der Waals surface area contributed by atoms with Crippen LogP contribution in [0, 0.1) is 0 Å². The van der Waals surface area contributed by atoms with E-state index in [9.17, 15) is 9.59 Å². The van der Waals surface area contributed by atoms with Crippen molar-refractivity contribution >= 4 is 45.0 Å². The molecular formula is C14H13BrN2O3S. The monoisotopic (exact) mass is 368 g/mol. The summed E-state index contributed by atoms with van der Waals surface area (Å²) in [6.45, 7) is 0.446. The number of nitrogens with one attached hydrogen (secondary N) is 2. The van der Waals surface area contributed by atoms with Gasteiger partial charge in [-0.3, -0.25) is 4.79 Å². The molecule has 21 heavy (non-hydrogen) atoms. The average Bonchev–Trinajstić information content (AvgIpc) is 2.84. The van der Waals surface area contributed by atoms with Gasteiger partial charge in [0.05, 0.1) is 13.0 Å². The van der Waals surface area contributed by atoms with Gasteiger partial charge in [0.2, 0.25) is 0 Å². The number of rotatable bonds is 5. The summed E-state index contributed by atoms with van der Waals surface area (Å²) >= 11 is 4.96. The summed E-state index contributed by atoms with van der Waals surface area (Å²) < 4.78 is 0.978. The Morgan fingerprint density at radius 3 is 2.48 bits per heavy atom. The lowest BCUT2D eigenvalue weighted by atomic mass is 10.1. The number of benzene rings is 1. The van der Waals surface area contributed by atoms with Gasteiger partial charge in [-0.2, -0.15) is 0 Å². The molecular weight excluding hydrogens is 356 g/mol. The highest BCUT2D eigenvalue weighted by molar-refractivity contribution is 9.10. The fraction of sp³-hybridized carbons (Fsp3) is 0.143. The van der Waals surface area contributed by atoms with Crippen LogP contribution in [-0.4, -0.2) is 17.1 Å². The second-order valence-corrected chi connectivity index (χ2v) is 6.12. The number of carboxylic acids is 1. The molecule has 0 aliphatic carbocycles. The van der Waals surface area contributed by atoms with E-state index < -0.39 is 5.97 Å². The van der Waals surface area contributed by atoms with Crippen LogP contribution in [0.3, 0.4) is 0 Å². The number of hydrogen-bond donors (Lipinski definition) is 3. The van der Waals surface area contributed by atoms with Crippen LogP contribution < -0.4 is 10.6 Å². The third kappa shape index (κ3) is 4.87. The number of carboxylic acid groups (broad SMARTS) is 1. The normalized spacial score (nSPS) is 10.1. The minimum atomic E-state index is -0.880. The number of anilines is 1. The largest absolute Gasteiger partial charge is 0.481 e. The third-order valence-corrected chi connectivity index (χ3v) is 4.59. The zero-order valence-corrected chi connectivity index (χ0v) is 13.3. The number of amides is 2. The number of carbonyl (C=O) groups is 2. The molecule has 3 N–H and O–H groups in total. The van der Waals surface area contributed by atoms with Crippen LogP contribution in [0.4, 0.5) is 10.5 Å². The van der Waals surface area contributed by atoms with Crippen LogP contribution in [0.1, 0.15) is 10.4 Å². The Labute approximate surface area is 134 Å². The summed E-state index contributed by atoms with van der Waals surface area (Å²) in [5, 5.41) is 16.1. The number of halogens is 1. The van der Waals surface area contributed by atoms with Gasteiger partial charge in [0.25, 0.3) is 0 Å². The van der Waals surface area contributed by atoms with Crippen molar-refractivity contribution in [1.82, 2.24) is 5.32 Å². The minimum Gasteiger partial charge on any atom is -0.481 e. The zero-order valence-electron chi connectivity index (χ0n) is 10.9. The molecule has 5 nitrogen and oxygen atoms in total. The maximum atomic E-state index is 11.8. The Balaban J connectivity index is 1.85. The second kappa shape index (κ2) is 7.24. The van der Waals surface area contributed by atoms with Gasteiger partial charge in [-0.15, -0.1) is 11.3 Å². The Morgan fingerprint density at radius 2 is 1.90 bits per heavy atom. The topological polar surface area (TPSA) is 78.4 Å². The van der Waals surface area contributed by atoms with E-state index in [1.165, 1.54) is 0 Å². The van der Waals surface area contributed by atoms with Crippen LogP contribution in [0.5, 0.6) is 0 Å². The van der Waals surface area contributed by atoms with Gasteiger partial charge < -0.3 is 15.7 Å². The van der Waals surface area contributed by atoms with Crippen LogP contribution in [-0.2, 0) is 17.8 Å². The molecule has 2 rings (SSSR count). The highest BCUT2D eigenvalue weighted by Gasteiger charge is 2.06.